The van der Waals surface area contributed by atoms with E-state index in [9.17, 15) is 0 Å². The Morgan fingerprint density at radius 2 is 2.00 bits per heavy atom. The molecule has 0 saturated carbocycles. The van der Waals surface area contributed by atoms with Gasteiger partial charge >= 0.3 is 0 Å². The molecular formula is C18H35N5. The first-order valence-electron chi connectivity index (χ1n) is 9.35. The van der Waals surface area contributed by atoms with E-state index in [1.165, 1.54) is 25.8 Å². The van der Waals surface area contributed by atoms with Crippen LogP contribution < -0.4 is 5.73 Å². The molecular weight excluding hydrogens is 286 g/mol. The Labute approximate surface area is 141 Å². The fourth-order valence-corrected chi connectivity index (χ4v) is 3.83. The van der Waals surface area contributed by atoms with Crippen molar-refractivity contribution in [2.75, 3.05) is 13.1 Å². The van der Waals surface area contributed by atoms with Gasteiger partial charge in [0.25, 0.3) is 0 Å². The molecule has 0 aromatic carbocycles. The zero-order valence-electron chi connectivity index (χ0n) is 15.6. The molecule has 1 aromatic heterocycles. The van der Waals surface area contributed by atoms with Crippen LogP contribution in [0.1, 0.15) is 83.4 Å². The third kappa shape index (κ3) is 4.54. The molecule has 2 N–H and O–H groups in total. The topological polar surface area (TPSA) is 60.0 Å². The lowest BCUT2D eigenvalue weighted by Gasteiger charge is -2.30. The second-order valence-corrected chi connectivity index (χ2v) is 7.53. The number of aryl methyl sites for hydroxylation is 1. The molecule has 0 radical (unpaired) electrons. The molecule has 132 valence electrons. The second kappa shape index (κ2) is 8.25. The van der Waals surface area contributed by atoms with Gasteiger partial charge in [0, 0.05) is 24.0 Å². The smallest absolute Gasteiger partial charge is 0.135 e. The predicted molar refractivity (Wildman–Crippen MR) is 95.7 cm³/mol. The van der Waals surface area contributed by atoms with Crippen LogP contribution in [0.2, 0.25) is 0 Å². The first-order chi connectivity index (χ1) is 10.9. The van der Waals surface area contributed by atoms with Crippen molar-refractivity contribution in [1.29, 1.82) is 0 Å². The van der Waals surface area contributed by atoms with Gasteiger partial charge in [0.15, 0.2) is 0 Å². The van der Waals surface area contributed by atoms with Crippen LogP contribution in [0, 0.1) is 6.92 Å². The van der Waals surface area contributed by atoms with Crippen LogP contribution >= 0.6 is 0 Å². The number of nitrogens with zero attached hydrogens (tertiary/aromatic N) is 4. The van der Waals surface area contributed by atoms with Gasteiger partial charge in [0.2, 0.25) is 0 Å². The monoisotopic (exact) mass is 321 g/mol. The van der Waals surface area contributed by atoms with Crippen molar-refractivity contribution in [1.82, 2.24) is 19.7 Å². The Morgan fingerprint density at radius 1 is 1.26 bits per heavy atom. The summed E-state index contributed by atoms with van der Waals surface area (Å²) in [4.78, 5) is 2.65. The number of hydrogen-bond acceptors (Lipinski definition) is 4. The molecule has 1 aliphatic heterocycles. The highest BCUT2D eigenvalue weighted by Crippen LogP contribution is 2.30. The molecule has 3 atom stereocenters. The molecule has 23 heavy (non-hydrogen) atoms. The molecule has 5 heteroatoms. The maximum Gasteiger partial charge on any atom is 0.135 e. The van der Waals surface area contributed by atoms with Crippen molar-refractivity contribution >= 4 is 0 Å². The van der Waals surface area contributed by atoms with Crippen molar-refractivity contribution < 1.29 is 0 Å². The van der Waals surface area contributed by atoms with Crippen LogP contribution in [0.25, 0.3) is 0 Å². The lowest BCUT2D eigenvalue weighted by molar-refractivity contribution is 0.209. The highest BCUT2D eigenvalue weighted by atomic mass is 15.3. The van der Waals surface area contributed by atoms with Crippen LogP contribution in [0.5, 0.6) is 0 Å². The van der Waals surface area contributed by atoms with Crippen LogP contribution in [0.3, 0.4) is 0 Å². The Morgan fingerprint density at radius 3 is 2.61 bits per heavy atom. The number of likely N-dealkylation sites (tertiary alicyclic amines) is 1. The summed E-state index contributed by atoms with van der Waals surface area (Å²) in [6, 6.07) is 1.48. The van der Waals surface area contributed by atoms with Gasteiger partial charge in [-0.15, -0.1) is 10.2 Å². The van der Waals surface area contributed by atoms with Gasteiger partial charge in [-0.1, -0.05) is 20.8 Å². The molecule has 0 aliphatic carbocycles. The summed E-state index contributed by atoms with van der Waals surface area (Å²) in [5.41, 5.74) is 5.95. The van der Waals surface area contributed by atoms with E-state index in [1.54, 1.807) is 0 Å². The number of nitrogens with two attached hydrogens (primary N) is 1. The van der Waals surface area contributed by atoms with Gasteiger partial charge in [0.05, 0.1) is 0 Å². The second-order valence-electron chi connectivity index (χ2n) is 7.53. The highest BCUT2D eigenvalue weighted by molar-refractivity contribution is 5.02. The van der Waals surface area contributed by atoms with E-state index >= 15 is 0 Å². The molecule has 1 fully saturated rings. The number of rotatable bonds is 8. The van der Waals surface area contributed by atoms with E-state index in [0.717, 1.165) is 31.0 Å². The zero-order chi connectivity index (χ0) is 17.0. The van der Waals surface area contributed by atoms with Gasteiger partial charge < -0.3 is 15.2 Å². The van der Waals surface area contributed by atoms with Crippen molar-refractivity contribution in [2.45, 2.75) is 90.8 Å². The summed E-state index contributed by atoms with van der Waals surface area (Å²) >= 11 is 0. The van der Waals surface area contributed by atoms with E-state index in [0.29, 0.717) is 24.0 Å². The summed E-state index contributed by atoms with van der Waals surface area (Å²) < 4.78 is 2.40. The Balaban J connectivity index is 2.08. The molecule has 0 bridgehead atoms. The molecule has 1 saturated heterocycles. The summed E-state index contributed by atoms with van der Waals surface area (Å²) in [6.07, 6.45) is 6.06. The van der Waals surface area contributed by atoms with Crippen molar-refractivity contribution in [3.05, 3.63) is 11.6 Å². The number of hydrogen-bond donors (Lipinski definition) is 1. The first kappa shape index (κ1) is 18.4. The van der Waals surface area contributed by atoms with Crippen molar-refractivity contribution in [3.63, 3.8) is 0 Å². The molecule has 1 aromatic rings. The van der Waals surface area contributed by atoms with E-state index in [1.807, 2.05) is 0 Å². The Kier molecular flexibility index (Phi) is 6.60. The molecule has 2 rings (SSSR count). The van der Waals surface area contributed by atoms with Crippen molar-refractivity contribution in [3.8, 4) is 0 Å². The van der Waals surface area contributed by atoms with Gasteiger partial charge in [-0.3, -0.25) is 0 Å². The third-order valence-electron chi connectivity index (χ3n) is 5.16. The van der Waals surface area contributed by atoms with Gasteiger partial charge in [-0.05, 0) is 59.0 Å². The fourth-order valence-electron chi connectivity index (χ4n) is 3.83. The summed E-state index contributed by atoms with van der Waals surface area (Å²) in [7, 11) is 0. The van der Waals surface area contributed by atoms with E-state index in [2.05, 4.69) is 54.3 Å². The van der Waals surface area contributed by atoms with E-state index in [-0.39, 0.29) is 0 Å². The van der Waals surface area contributed by atoms with Crippen LogP contribution in [0.15, 0.2) is 0 Å². The lowest BCUT2D eigenvalue weighted by atomic mass is 10.0. The fraction of sp³-hybridized carbons (Fsp3) is 0.889. The Hall–Kier alpha value is -0.940. The Bertz CT molecular complexity index is 480. The van der Waals surface area contributed by atoms with Gasteiger partial charge in [0.1, 0.15) is 11.6 Å². The predicted octanol–water partition coefficient (Wildman–Crippen LogP) is 3.25. The molecule has 3 unspecified atom stereocenters. The minimum absolute atomic E-state index is 0.297. The summed E-state index contributed by atoms with van der Waals surface area (Å²) in [6.45, 7) is 13.3. The average molecular weight is 322 g/mol. The standard InChI is InChI=1S/C18H35N5/c1-6-16(23-15(5)20-21-18(23)13(2)3)12-17-8-7-10-22(17)11-9-14(4)19/h13-14,16-17H,6-12,19H2,1-5H3. The summed E-state index contributed by atoms with van der Waals surface area (Å²) in [5, 5.41) is 8.76. The number of aromatic nitrogens is 3. The molecule has 2 heterocycles. The first-order valence-corrected chi connectivity index (χ1v) is 9.35. The zero-order valence-corrected chi connectivity index (χ0v) is 15.6. The van der Waals surface area contributed by atoms with E-state index < -0.39 is 0 Å². The van der Waals surface area contributed by atoms with E-state index in [4.69, 9.17) is 5.73 Å². The summed E-state index contributed by atoms with van der Waals surface area (Å²) in [5.74, 6) is 2.61. The molecule has 0 spiro atoms. The van der Waals surface area contributed by atoms with Crippen LogP contribution in [-0.2, 0) is 0 Å². The minimum atomic E-state index is 0.297. The van der Waals surface area contributed by atoms with Gasteiger partial charge in [-0.25, -0.2) is 0 Å². The van der Waals surface area contributed by atoms with Gasteiger partial charge in [-0.2, -0.15) is 0 Å². The average Bonchev–Trinajstić information content (AvgIpc) is 3.09. The minimum Gasteiger partial charge on any atom is -0.328 e. The van der Waals surface area contributed by atoms with Crippen LogP contribution in [0.4, 0.5) is 0 Å². The molecule has 1 aliphatic rings. The van der Waals surface area contributed by atoms with Crippen LogP contribution in [-0.4, -0.2) is 44.8 Å². The maximum atomic E-state index is 5.95. The molecule has 5 nitrogen and oxygen atoms in total. The highest BCUT2D eigenvalue weighted by Gasteiger charge is 2.29. The third-order valence-corrected chi connectivity index (χ3v) is 5.16. The largest absolute Gasteiger partial charge is 0.328 e. The molecule has 0 amide bonds. The van der Waals surface area contributed by atoms with Crippen molar-refractivity contribution in [2.24, 2.45) is 5.73 Å². The quantitative estimate of drug-likeness (QED) is 0.798. The SMILES string of the molecule is CCC(CC1CCCN1CCC(C)N)n1c(C)nnc1C(C)C. The maximum absolute atomic E-state index is 5.95. The normalized spacial score (nSPS) is 22.0. The lowest BCUT2D eigenvalue weighted by Crippen LogP contribution is -2.35.